The van der Waals surface area contributed by atoms with E-state index in [1.807, 2.05) is 0 Å². The lowest BCUT2D eigenvalue weighted by atomic mass is 9.90. The van der Waals surface area contributed by atoms with Gasteiger partial charge in [0.25, 0.3) is 5.91 Å². The van der Waals surface area contributed by atoms with E-state index in [0.29, 0.717) is 28.7 Å². The number of halogens is 3. The first kappa shape index (κ1) is 23.5. The van der Waals surface area contributed by atoms with Crippen LogP contribution in [0.25, 0.3) is 10.9 Å². The van der Waals surface area contributed by atoms with Gasteiger partial charge in [0.1, 0.15) is 5.69 Å². The van der Waals surface area contributed by atoms with E-state index in [0.717, 1.165) is 25.3 Å². The Morgan fingerprint density at radius 3 is 2.41 bits per heavy atom. The number of hydrogen-bond acceptors (Lipinski definition) is 4. The minimum atomic E-state index is -4.54. The number of nitrogens with zero attached hydrogens (tertiary/aromatic N) is 1. The Balaban J connectivity index is 1.45. The summed E-state index contributed by atoms with van der Waals surface area (Å²) >= 11 is 0. The zero-order valence-corrected chi connectivity index (χ0v) is 18.6. The van der Waals surface area contributed by atoms with Crippen LogP contribution >= 0.6 is 0 Å². The number of hydrogen-bond donors (Lipinski definition) is 3. The summed E-state index contributed by atoms with van der Waals surface area (Å²) in [5.41, 5.74) is 0.816. The lowest BCUT2D eigenvalue weighted by molar-refractivity contribution is -0.140. The molecule has 0 bridgehead atoms. The first-order valence-electron chi connectivity index (χ1n) is 11.1. The van der Waals surface area contributed by atoms with Crippen molar-refractivity contribution in [3.63, 3.8) is 0 Å². The van der Waals surface area contributed by atoms with Gasteiger partial charge in [0, 0.05) is 41.3 Å². The average molecular weight is 470 g/mol. The van der Waals surface area contributed by atoms with Gasteiger partial charge in [-0.05, 0) is 62.1 Å². The molecule has 1 aliphatic rings. The molecule has 3 N–H and O–H groups in total. The Bertz CT molecular complexity index is 1190. The van der Waals surface area contributed by atoms with Crippen LogP contribution in [0.15, 0.2) is 54.6 Å². The molecule has 0 unspecified atom stereocenters. The number of anilines is 2. The highest BCUT2D eigenvalue weighted by atomic mass is 19.4. The van der Waals surface area contributed by atoms with Gasteiger partial charge in [0.05, 0.1) is 5.52 Å². The van der Waals surface area contributed by atoms with Crippen molar-refractivity contribution in [2.45, 2.75) is 50.9 Å². The highest BCUT2D eigenvalue weighted by Crippen LogP contribution is 2.34. The summed E-state index contributed by atoms with van der Waals surface area (Å²) in [6.07, 6.45) is -1.54. The van der Waals surface area contributed by atoms with Gasteiger partial charge in [-0.3, -0.25) is 9.59 Å². The standard InChI is InChI=1S/C25H25F3N4O2/c1-15(33)29-17-11-9-16(10-12-17)24(34)31-19-6-4-5-18(13-19)30-22-14-23(25(26,27)28)32-21-8-3-2-7-20(21)22/h2-3,7-12,14,18-19H,4-6,13H2,1H3,(H,29,33)(H,30,32)(H,31,34)/t18-,19+/m0/s1. The molecule has 2 atom stereocenters. The van der Waals surface area contributed by atoms with Crippen molar-refractivity contribution in [3.05, 3.63) is 65.9 Å². The summed E-state index contributed by atoms with van der Waals surface area (Å²) in [6, 6.07) is 14.2. The van der Waals surface area contributed by atoms with E-state index in [2.05, 4.69) is 20.9 Å². The smallest absolute Gasteiger partial charge is 0.382 e. The highest BCUT2D eigenvalue weighted by Gasteiger charge is 2.34. The fourth-order valence-electron chi connectivity index (χ4n) is 4.29. The number of rotatable bonds is 5. The molecule has 0 radical (unpaired) electrons. The summed E-state index contributed by atoms with van der Waals surface area (Å²) in [7, 11) is 0. The minimum absolute atomic E-state index is 0.0897. The van der Waals surface area contributed by atoms with Crippen LogP contribution in [0.4, 0.5) is 24.5 Å². The van der Waals surface area contributed by atoms with Gasteiger partial charge < -0.3 is 16.0 Å². The molecule has 178 valence electrons. The van der Waals surface area contributed by atoms with E-state index in [4.69, 9.17) is 0 Å². The molecule has 1 aromatic heterocycles. The van der Waals surface area contributed by atoms with Crippen LogP contribution in [0.1, 0.15) is 48.7 Å². The van der Waals surface area contributed by atoms with E-state index in [1.165, 1.54) is 6.92 Å². The molecule has 4 rings (SSSR count). The predicted molar refractivity (Wildman–Crippen MR) is 125 cm³/mol. The van der Waals surface area contributed by atoms with Crippen molar-refractivity contribution in [3.8, 4) is 0 Å². The van der Waals surface area contributed by atoms with Gasteiger partial charge in [-0.15, -0.1) is 0 Å². The van der Waals surface area contributed by atoms with Crippen LogP contribution in [-0.4, -0.2) is 28.9 Å². The number of benzene rings is 2. The Hall–Kier alpha value is -3.62. The van der Waals surface area contributed by atoms with Gasteiger partial charge >= 0.3 is 6.18 Å². The topological polar surface area (TPSA) is 83.1 Å². The van der Waals surface area contributed by atoms with Crippen molar-refractivity contribution >= 4 is 34.1 Å². The number of amides is 2. The van der Waals surface area contributed by atoms with E-state index < -0.39 is 11.9 Å². The maximum absolute atomic E-state index is 13.4. The normalized spacial score (nSPS) is 18.4. The maximum Gasteiger partial charge on any atom is 0.433 e. The van der Waals surface area contributed by atoms with Crippen LogP contribution in [0.2, 0.25) is 0 Å². The Morgan fingerprint density at radius 1 is 1.00 bits per heavy atom. The third kappa shape index (κ3) is 5.65. The third-order valence-corrected chi connectivity index (χ3v) is 5.84. The van der Waals surface area contributed by atoms with Gasteiger partial charge in [0.15, 0.2) is 0 Å². The van der Waals surface area contributed by atoms with Crippen LogP contribution in [0.3, 0.4) is 0 Å². The fraction of sp³-hybridized carbons (Fsp3) is 0.320. The lowest BCUT2D eigenvalue weighted by Gasteiger charge is -2.31. The van der Waals surface area contributed by atoms with Gasteiger partial charge in [-0.2, -0.15) is 13.2 Å². The van der Waals surface area contributed by atoms with E-state index >= 15 is 0 Å². The third-order valence-electron chi connectivity index (χ3n) is 5.84. The molecular weight excluding hydrogens is 445 g/mol. The fourth-order valence-corrected chi connectivity index (χ4v) is 4.29. The molecule has 9 heteroatoms. The second kappa shape index (κ2) is 9.70. The number of fused-ring (bicyclic) bond motifs is 1. The average Bonchev–Trinajstić information content (AvgIpc) is 2.79. The molecule has 3 aromatic rings. The van der Waals surface area contributed by atoms with Gasteiger partial charge in [-0.25, -0.2) is 4.98 Å². The van der Waals surface area contributed by atoms with Crippen molar-refractivity contribution in [2.24, 2.45) is 0 Å². The van der Waals surface area contributed by atoms with Gasteiger partial charge in [-0.1, -0.05) is 18.2 Å². The number of para-hydroxylation sites is 1. The summed E-state index contributed by atoms with van der Waals surface area (Å²) in [4.78, 5) is 27.6. The molecule has 0 aliphatic heterocycles. The Kier molecular flexibility index (Phi) is 6.72. The molecule has 1 heterocycles. The largest absolute Gasteiger partial charge is 0.433 e. The Labute approximate surface area is 195 Å². The minimum Gasteiger partial charge on any atom is -0.382 e. The van der Waals surface area contributed by atoms with Crippen molar-refractivity contribution in [1.82, 2.24) is 10.3 Å². The van der Waals surface area contributed by atoms with E-state index in [1.54, 1.807) is 48.5 Å². The van der Waals surface area contributed by atoms with Crippen LogP contribution < -0.4 is 16.0 Å². The van der Waals surface area contributed by atoms with Crippen LogP contribution in [0, 0.1) is 0 Å². The second-order valence-corrected chi connectivity index (χ2v) is 8.51. The van der Waals surface area contributed by atoms with Crippen molar-refractivity contribution in [2.75, 3.05) is 10.6 Å². The molecule has 0 saturated heterocycles. The second-order valence-electron chi connectivity index (χ2n) is 8.51. The number of aromatic nitrogens is 1. The molecular formula is C25H25F3N4O2. The molecule has 1 fully saturated rings. The number of alkyl halides is 3. The zero-order valence-electron chi connectivity index (χ0n) is 18.6. The quantitative estimate of drug-likeness (QED) is 0.469. The Morgan fingerprint density at radius 2 is 1.71 bits per heavy atom. The monoisotopic (exact) mass is 470 g/mol. The summed E-state index contributed by atoms with van der Waals surface area (Å²) < 4.78 is 40.1. The van der Waals surface area contributed by atoms with E-state index in [-0.39, 0.29) is 29.4 Å². The molecule has 1 saturated carbocycles. The highest BCUT2D eigenvalue weighted by molar-refractivity contribution is 5.95. The zero-order chi connectivity index (χ0) is 24.3. The number of pyridine rings is 1. The molecule has 1 aliphatic carbocycles. The van der Waals surface area contributed by atoms with Crippen LogP contribution in [0.5, 0.6) is 0 Å². The number of carbonyl (C=O) groups is 2. The summed E-state index contributed by atoms with van der Waals surface area (Å²) in [5, 5.41) is 9.58. The predicted octanol–water partition coefficient (Wildman–Crippen LogP) is 5.37. The first-order chi connectivity index (χ1) is 16.2. The number of carbonyl (C=O) groups excluding carboxylic acids is 2. The molecule has 2 amide bonds. The molecule has 2 aromatic carbocycles. The van der Waals surface area contributed by atoms with Crippen LogP contribution in [-0.2, 0) is 11.0 Å². The molecule has 34 heavy (non-hydrogen) atoms. The first-order valence-corrected chi connectivity index (χ1v) is 11.1. The van der Waals surface area contributed by atoms with Crippen molar-refractivity contribution < 1.29 is 22.8 Å². The molecule has 0 spiro atoms. The maximum atomic E-state index is 13.4. The van der Waals surface area contributed by atoms with Crippen molar-refractivity contribution in [1.29, 1.82) is 0 Å². The summed E-state index contributed by atoms with van der Waals surface area (Å²) in [6.45, 7) is 1.41. The van der Waals surface area contributed by atoms with E-state index in [9.17, 15) is 22.8 Å². The number of nitrogens with one attached hydrogen (secondary N) is 3. The molecule has 6 nitrogen and oxygen atoms in total. The summed E-state index contributed by atoms with van der Waals surface area (Å²) in [5.74, 6) is -0.420. The van der Waals surface area contributed by atoms with Gasteiger partial charge in [0.2, 0.25) is 5.91 Å². The SMILES string of the molecule is CC(=O)Nc1ccc(C(=O)N[C@@H]2CCC[C@H](Nc3cc(C(F)(F)F)nc4ccccc34)C2)cc1. The lowest BCUT2D eigenvalue weighted by Crippen LogP contribution is -2.41.